The Morgan fingerprint density at radius 2 is 1.52 bits per heavy atom. The molecule has 1 aliphatic carbocycles. The number of alkyl halides is 8. The van der Waals surface area contributed by atoms with E-state index >= 15 is 0 Å². The molecule has 230 valence electrons. The molecule has 2 fully saturated rings. The van der Waals surface area contributed by atoms with Gasteiger partial charge in [-0.05, 0) is 31.4 Å². The fraction of sp³-hybridized carbons (Fsp3) is 0.696. The Morgan fingerprint density at radius 3 is 2.00 bits per heavy atom. The molecule has 0 unspecified atom stereocenters. The molecule has 1 aliphatic heterocycles. The van der Waals surface area contributed by atoms with E-state index in [1.807, 2.05) is 0 Å². The summed E-state index contributed by atoms with van der Waals surface area (Å²) in [4.78, 5) is 14.7. The van der Waals surface area contributed by atoms with Crippen molar-refractivity contribution in [2.45, 2.75) is 62.8 Å². The molecule has 40 heavy (non-hydrogen) atoms. The zero-order chi connectivity index (χ0) is 29.4. The van der Waals surface area contributed by atoms with Crippen molar-refractivity contribution in [3.63, 3.8) is 0 Å². The van der Waals surface area contributed by atoms with Gasteiger partial charge in [0.15, 0.2) is 0 Å². The van der Waals surface area contributed by atoms with E-state index in [4.69, 9.17) is 11.6 Å². The van der Waals surface area contributed by atoms with Crippen molar-refractivity contribution in [2.24, 2.45) is 0 Å². The van der Waals surface area contributed by atoms with Crippen LogP contribution in [0.5, 0.6) is 0 Å². The largest absolute Gasteiger partial charge is 0.417 e. The molecule has 1 aromatic carbocycles. The summed E-state index contributed by atoms with van der Waals surface area (Å²) in [5.74, 6) is -4.45. The fourth-order valence-electron chi connectivity index (χ4n) is 5.07. The highest BCUT2D eigenvalue weighted by Gasteiger charge is 2.48. The summed E-state index contributed by atoms with van der Waals surface area (Å²) < 4.78 is 134. The van der Waals surface area contributed by atoms with Gasteiger partial charge in [-0.25, -0.2) is 17.2 Å². The van der Waals surface area contributed by atoms with Crippen LogP contribution in [0.3, 0.4) is 0 Å². The molecule has 1 heterocycles. The van der Waals surface area contributed by atoms with E-state index in [-0.39, 0.29) is 69.3 Å². The molecule has 6 nitrogen and oxygen atoms in total. The molecular weight excluding hydrogens is 621 g/mol. The second kappa shape index (κ2) is 12.4. The van der Waals surface area contributed by atoms with Crippen LogP contribution in [0.2, 0.25) is 5.02 Å². The molecule has 17 heteroatoms. The highest BCUT2D eigenvalue weighted by Crippen LogP contribution is 2.43. The van der Waals surface area contributed by atoms with Crippen molar-refractivity contribution in [1.82, 2.24) is 14.5 Å². The predicted octanol–water partition coefficient (Wildman–Crippen LogP) is 5.83. The average Bonchev–Trinajstić information content (AvgIpc) is 2.82. The lowest BCUT2D eigenvalue weighted by Crippen LogP contribution is -2.63. The smallest absolute Gasteiger partial charge is 0.350 e. The topological polar surface area (TPSA) is 69.7 Å². The first-order valence-electron chi connectivity index (χ1n) is 12.2. The first kappa shape index (κ1) is 34.8. The predicted molar refractivity (Wildman–Crippen MR) is 134 cm³/mol. The van der Waals surface area contributed by atoms with Gasteiger partial charge in [0, 0.05) is 51.1 Å². The number of carbonyl (C=O) groups is 1. The van der Waals surface area contributed by atoms with Gasteiger partial charge in [0.05, 0.1) is 27.5 Å². The second-order valence-electron chi connectivity index (χ2n) is 9.84. The van der Waals surface area contributed by atoms with Gasteiger partial charge in [-0.1, -0.05) is 18.5 Å². The number of hydrogen-bond donors (Lipinski definition) is 1. The van der Waals surface area contributed by atoms with Crippen molar-refractivity contribution < 1.29 is 48.3 Å². The maximum Gasteiger partial charge on any atom is 0.417 e. The van der Waals surface area contributed by atoms with Crippen LogP contribution in [0.4, 0.5) is 35.1 Å². The lowest BCUT2D eigenvalue weighted by Gasteiger charge is -2.50. The van der Waals surface area contributed by atoms with Crippen LogP contribution < -0.4 is 5.32 Å². The summed E-state index contributed by atoms with van der Waals surface area (Å²) in [7, 11) is -3.51. The minimum atomic E-state index is -5.34. The Kier molecular flexibility index (Phi) is 10.8. The Balaban J connectivity index is 0.00000560. The van der Waals surface area contributed by atoms with Crippen LogP contribution in [0, 0.1) is 0 Å². The van der Waals surface area contributed by atoms with Crippen LogP contribution in [0.15, 0.2) is 12.1 Å². The van der Waals surface area contributed by atoms with E-state index in [1.165, 1.54) is 4.31 Å². The van der Waals surface area contributed by atoms with Gasteiger partial charge < -0.3 is 5.32 Å². The van der Waals surface area contributed by atoms with E-state index in [1.54, 1.807) is 11.8 Å². The number of carbonyl (C=O) groups excluding carboxylic acids is 1. The van der Waals surface area contributed by atoms with Crippen LogP contribution in [-0.4, -0.2) is 73.5 Å². The number of rotatable bonds is 7. The molecular formula is C23H29Cl2F8N3O3S. The summed E-state index contributed by atoms with van der Waals surface area (Å²) >= 11 is 5.74. The number of halogens is 10. The number of nitrogens with one attached hydrogen (secondary N) is 1. The van der Waals surface area contributed by atoms with E-state index in [0.717, 1.165) is 0 Å². The van der Waals surface area contributed by atoms with Crippen LogP contribution in [0.25, 0.3) is 0 Å². The van der Waals surface area contributed by atoms with E-state index in [9.17, 15) is 48.3 Å². The van der Waals surface area contributed by atoms with Gasteiger partial charge in [0.2, 0.25) is 15.9 Å². The number of amides is 1. The zero-order valence-electron chi connectivity index (χ0n) is 21.3. The van der Waals surface area contributed by atoms with Crippen molar-refractivity contribution in [3.8, 4) is 0 Å². The number of benzene rings is 1. The van der Waals surface area contributed by atoms with Gasteiger partial charge in [-0.2, -0.15) is 30.6 Å². The lowest BCUT2D eigenvalue weighted by atomic mass is 9.78. The lowest BCUT2D eigenvalue weighted by molar-refractivity contribution is -0.143. The van der Waals surface area contributed by atoms with Crippen molar-refractivity contribution in [1.29, 1.82) is 0 Å². The molecule has 2 aliphatic rings. The normalized spacial score (nSPS) is 20.6. The van der Waals surface area contributed by atoms with Crippen molar-refractivity contribution >= 4 is 39.9 Å². The Labute approximate surface area is 237 Å². The van der Waals surface area contributed by atoms with Gasteiger partial charge in [0.25, 0.3) is 5.91 Å². The molecule has 0 aromatic heterocycles. The summed E-state index contributed by atoms with van der Waals surface area (Å²) in [6, 6.07) is 0.0201. The molecule has 1 saturated heterocycles. The third-order valence-corrected chi connectivity index (χ3v) is 9.58. The molecule has 0 atom stereocenters. The molecule has 1 saturated carbocycles. The number of hydrogen-bond acceptors (Lipinski definition) is 4. The van der Waals surface area contributed by atoms with Gasteiger partial charge >= 0.3 is 12.4 Å². The summed E-state index contributed by atoms with van der Waals surface area (Å²) in [5.41, 5.74) is -5.89. The highest BCUT2D eigenvalue weighted by atomic mass is 35.5. The van der Waals surface area contributed by atoms with E-state index < -0.39 is 80.8 Å². The minimum Gasteiger partial charge on any atom is -0.350 e. The second-order valence-corrected chi connectivity index (χ2v) is 12.3. The third kappa shape index (κ3) is 7.90. The zero-order valence-corrected chi connectivity index (χ0v) is 23.7. The van der Waals surface area contributed by atoms with E-state index in [0.29, 0.717) is 6.42 Å². The summed E-state index contributed by atoms with van der Waals surface area (Å²) in [5, 5.41) is 1.22. The summed E-state index contributed by atoms with van der Waals surface area (Å²) in [6.45, 7) is 1.73. The molecule has 0 radical (unpaired) electrons. The maximum atomic E-state index is 14.0. The first-order chi connectivity index (χ1) is 17.8. The number of sulfonamides is 1. The summed E-state index contributed by atoms with van der Waals surface area (Å²) in [6.07, 6.45) is -11.5. The molecule has 1 aromatic rings. The Hall–Kier alpha value is -1.42. The van der Waals surface area contributed by atoms with E-state index in [2.05, 4.69) is 5.32 Å². The van der Waals surface area contributed by atoms with Crippen LogP contribution >= 0.6 is 24.0 Å². The van der Waals surface area contributed by atoms with Crippen LogP contribution in [0.1, 0.15) is 60.5 Å². The molecule has 0 bridgehead atoms. The third-order valence-electron chi connectivity index (χ3n) is 7.21. The van der Waals surface area contributed by atoms with Gasteiger partial charge in [-0.3, -0.25) is 9.69 Å². The Bertz CT molecular complexity index is 1160. The standard InChI is InChI=1S/C23H28ClF8N3O3S.ClH/c1-2-11-39(37,38)35-9-7-34(8-10-35)20(3-5-21(25,26)6-4-20)14-33-19(36)18-16(23(30,31)32)12-15(13-17(18)24)22(27,28)29;/h12-13H,2-11,14H2,1H3,(H,33,36);1H. The van der Waals surface area contributed by atoms with Gasteiger partial charge in [-0.15, -0.1) is 12.4 Å². The Morgan fingerprint density at radius 1 is 0.975 bits per heavy atom. The van der Waals surface area contributed by atoms with Gasteiger partial charge in [0.1, 0.15) is 0 Å². The van der Waals surface area contributed by atoms with Crippen LogP contribution in [-0.2, 0) is 22.4 Å². The highest BCUT2D eigenvalue weighted by molar-refractivity contribution is 7.89. The molecule has 3 rings (SSSR count). The quantitative estimate of drug-likeness (QED) is 0.377. The number of piperazine rings is 1. The first-order valence-corrected chi connectivity index (χ1v) is 14.2. The molecule has 1 N–H and O–H groups in total. The average molecular weight is 650 g/mol. The number of nitrogens with zero attached hydrogens (tertiary/aromatic N) is 2. The van der Waals surface area contributed by atoms with Crippen molar-refractivity contribution in [3.05, 3.63) is 33.8 Å². The minimum absolute atomic E-state index is 0. The SMILES string of the molecule is CCCS(=O)(=O)N1CCN(C2(CNC(=O)c3c(Cl)cc(C(F)(F)F)cc3C(F)(F)F)CCC(F)(F)CC2)CC1.Cl. The van der Waals surface area contributed by atoms with Crippen molar-refractivity contribution in [2.75, 3.05) is 38.5 Å². The molecule has 1 amide bonds. The fourth-order valence-corrected chi connectivity index (χ4v) is 6.87. The molecule has 0 spiro atoms. The maximum absolute atomic E-state index is 14.0. The monoisotopic (exact) mass is 649 g/mol.